The van der Waals surface area contributed by atoms with Crippen LogP contribution in [0.4, 0.5) is 13.2 Å². The lowest BCUT2D eigenvalue weighted by Gasteiger charge is -2.06. The first kappa shape index (κ1) is 13.5. The van der Waals surface area contributed by atoms with Crippen LogP contribution in [0.2, 0.25) is 0 Å². The van der Waals surface area contributed by atoms with Crippen LogP contribution < -0.4 is 0 Å². The molecular formula is C13H13F3O. The Labute approximate surface area is 97.9 Å². The van der Waals surface area contributed by atoms with E-state index in [1.807, 2.05) is 0 Å². The standard InChI is InChI=1S/C13H13F3O/c1-2-3-12(17)9-6-10-4-7-11(8-5-10)13(14,15)16/h2,4-9,12,17H,1,3H2/b9-6+. The van der Waals surface area contributed by atoms with Crippen LogP contribution in [0.3, 0.4) is 0 Å². The highest BCUT2D eigenvalue weighted by Gasteiger charge is 2.29. The van der Waals surface area contributed by atoms with Crippen LogP contribution in [-0.2, 0) is 6.18 Å². The highest BCUT2D eigenvalue weighted by Crippen LogP contribution is 2.29. The molecule has 1 unspecified atom stereocenters. The Bertz CT molecular complexity index is 390. The van der Waals surface area contributed by atoms with Gasteiger partial charge in [-0.1, -0.05) is 30.4 Å². The lowest BCUT2D eigenvalue weighted by atomic mass is 10.1. The van der Waals surface area contributed by atoms with Crippen LogP contribution >= 0.6 is 0 Å². The van der Waals surface area contributed by atoms with Gasteiger partial charge in [-0.25, -0.2) is 0 Å². The molecule has 0 saturated heterocycles. The van der Waals surface area contributed by atoms with E-state index in [1.54, 1.807) is 12.2 Å². The van der Waals surface area contributed by atoms with Crippen molar-refractivity contribution in [3.63, 3.8) is 0 Å². The minimum Gasteiger partial charge on any atom is -0.389 e. The van der Waals surface area contributed by atoms with E-state index >= 15 is 0 Å². The average Bonchev–Trinajstić information content (AvgIpc) is 2.26. The number of aliphatic hydroxyl groups is 1. The largest absolute Gasteiger partial charge is 0.416 e. The van der Waals surface area contributed by atoms with E-state index < -0.39 is 17.8 Å². The van der Waals surface area contributed by atoms with Gasteiger partial charge >= 0.3 is 6.18 Å². The molecule has 0 aliphatic carbocycles. The lowest BCUT2D eigenvalue weighted by Crippen LogP contribution is -2.04. The maximum Gasteiger partial charge on any atom is 0.416 e. The molecule has 0 aliphatic heterocycles. The molecule has 0 spiro atoms. The van der Waals surface area contributed by atoms with Crippen molar-refractivity contribution < 1.29 is 18.3 Å². The Kier molecular flexibility index (Phi) is 4.52. The van der Waals surface area contributed by atoms with E-state index in [0.717, 1.165) is 12.1 Å². The first-order chi connectivity index (χ1) is 7.93. The molecule has 0 aliphatic rings. The molecule has 0 radical (unpaired) electrons. The summed E-state index contributed by atoms with van der Waals surface area (Å²) in [5, 5.41) is 9.36. The average molecular weight is 242 g/mol. The van der Waals surface area contributed by atoms with Crippen LogP contribution in [0.25, 0.3) is 6.08 Å². The van der Waals surface area contributed by atoms with Gasteiger partial charge in [0.1, 0.15) is 0 Å². The van der Waals surface area contributed by atoms with Crippen molar-refractivity contribution in [1.29, 1.82) is 0 Å². The number of benzene rings is 1. The number of hydrogen-bond acceptors (Lipinski definition) is 1. The van der Waals surface area contributed by atoms with Gasteiger partial charge in [0.15, 0.2) is 0 Å². The second-order valence-corrected chi connectivity index (χ2v) is 3.57. The summed E-state index contributed by atoms with van der Waals surface area (Å²) < 4.78 is 36.8. The quantitative estimate of drug-likeness (QED) is 0.799. The summed E-state index contributed by atoms with van der Waals surface area (Å²) in [5.41, 5.74) is -0.0672. The maximum absolute atomic E-state index is 12.3. The summed E-state index contributed by atoms with van der Waals surface area (Å²) in [4.78, 5) is 0. The number of hydrogen-bond donors (Lipinski definition) is 1. The number of alkyl halides is 3. The highest BCUT2D eigenvalue weighted by molar-refractivity contribution is 5.50. The smallest absolute Gasteiger partial charge is 0.389 e. The molecule has 0 saturated carbocycles. The zero-order valence-corrected chi connectivity index (χ0v) is 9.11. The first-order valence-corrected chi connectivity index (χ1v) is 5.08. The molecule has 0 bridgehead atoms. The molecule has 17 heavy (non-hydrogen) atoms. The third kappa shape index (κ3) is 4.44. The van der Waals surface area contributed by atoms with E-state index in [9.17, 15) is 18.3 Å². The summed E-state index contributed by atoms with van der Waals surface area (Å²) in [7, 11) is 0. The third-order valence-electron chi connectivity index (χ3n) is 2.16. The molecule has 92 valence electrons. The van der Waals surface area contributed by atoms with Gasteiger partial charge in [0.2, 0.25) is 0 Å². The van der Waals surface area contributed by atoms with Crippen LogP contribution in [0.1, 0.15) is 17.5 Å². The highest BCUT2D eigenvalue weighted by atomic mass is 19.4. The fourth-order valence-electron chi connectivity index (χ4n) is 1.25. The lowest BCUT2D eigenvalue weighted by molar-refractivity contribution is -0.137. The Morgan fingerprint density at radius 1 is 1.24 bits per heavy atom. The zero-order valence-electron chi connectivity index (χ0n) is 9.11. The maximum atomic E-state index is 12.3. The van der Waals surface area contributed by atoms with Crippen molar-refractivity contribution in [2.75, 3.05) is 0 Å². The summed E-state index contributed by atoms with van der Waals surface area (Å²) in [5.74, 6) is 0. The summed E-state index contributed by atoms with van der Waals surface area (Å²) in [6, 6.07) is 4.75. The minimum atomic E-state index is -4.31. The van der Waals surface area contributed by atoms with Crippen molar-refractivity contribution in [3.05, 3.63) is 54.1 Å². The van der Waals surface area contributed by atoms with Gasteiger partial charge in [0, 0.05) is 0 Å². The van der Waals surface area contributed by atoms with Gasteiger partial charge in [0.25, 0.3) is 0 Å². The van der Waals surface area contributed by atoms with Gasteiger partial charge in [0.05, 0.1) is 11.7 Å². The predicted octanol–water partition coefficient (Wildman–Crippen LogP) is 3.66. The molecule has 1 aromatic rings. The normalized spacial score (nSPS) is 13.9. The van der Waals surface area contributed by atoms with Crippen LogP contribution in [0.5, 0.6) is 0 Å². The number of aliphatic hydroxyl groups excluding tert-OH is 1. The van der Waals surface area contributed by atoms with Gasteiger partial charge in [-0.2, -0.15) is 13.2 Å². The Balaban J connectivity index is 2.72. The van der Waals surface area contributed by atoms with E-state index in [4.69, 9.17) is 0 Å². The van der Waals surface area contributed by atoms with Crippen molar-refractivity contribution in [2.45, 2.75) is 18.7 Å². The minimum absolute atomic E-state index is 0.414. The molecule has 1 rings (SSSR count). The van der Waals surface area contributed by atoms with E-state index in [0.29, 0.717) is 12.0 Å². The van der Waals surface area contributed by atoms with Crippen molar-refractivity contribution in [2.24, 2.45) is 0 Å². The predicted molar refractivity (Wildman–Crippen MR) is 61.3 cm³/mol. The fraction of sp³-hybridized carbons (Fsp3) is 0.231. The number of halogens is 3. The monoisotopic (exact) mass is 242 g/mol. The van der Waals surface area contributed by atoms with Gasteiger partial charge in [-0.05, 0) is 24.1 Å². The molecule has 1 atom stereocenters. The zero-order chi connectivity index (χ0) is 12.9. The molecule has 1 aromatic carbocycles. The second-order valence-electron chi connectivity index (χ2n) is 3.57. The molecular weight excluding hydrogens is 229 g/mol. The molecule has 1 N–H and O–H groups in total. The molecule has 0 fully saturated rings. The first-order valence-electron chi connectivity index (χ1n) is 5.08. The van der Waals surface area contributed by atoms with Crippen LogP contribution in [0, 0.1) is 0 Å². The van der Waals surface area contributed by atoms with E-state index in [-0.39, 0.29) is 0 Å². The van der Waals surface area contributed by atoms with Gasteiger partial charge in [-0.15, -0.1) is 6.58 Å². The molecule has 0 amide bonds. The topological polar surface area (TPSA) is 20.2 Å². The Morgan fingerprint density at radius 3 is 2.29 bits per heavy atom. The van der Waals surface area contributed by atoms with Crippen molar-refractivity contribution in [3.8, 4) is 0 Å². The molecule has 0 aromatic heterocycles. The van der Waals surface area contributed by atoms with Gasteiger partial charge in [-0.3, -0.25) is 0 Å². The van der Waals surface area contributed by atoms with E-state index in [2.05, 4.69) is 6.58 Å². The van der Waals surface area contributed by atoms with Crippen LogP contribution in [-0.4, -0.2) is 11.2 Å². The van der Waals surface area contributed by atoms with Crippen molar-refractivity contribution >= 4 is 6.08 Å². The molecule has 1 nitrogen and oxygen atoms in total. The van der Waals surface area contributed by atoms with Crippen molar-refractivity contribution in [1.82, 2.24) is 0 Å². The third-order valence-corrected chi connectivity index (χ3v) is 2.16. The molecule has 4 heteroatoms. The van der Waals surface area contributed by atoms with E-state index in [1.165, 1.54) is 18.2 Å². The summed E-state index contributed by atoms with van der Waals surface area (Å²) >= 11 is 0. The summed E-state index contributed by atoms with van der Waals surface area (Å²) in [6.45, 7) is 3.48. The Hall–Kier alpha value is -1.55. The summed E-state index contributed by atoms with van der Waals surface area (Å²) in [6.07, 6.45) is 0.108. The second kappa shape index (κ2) is 5.68. The van der Waals surface area contributed by atoms with Crippen LogP contribution in [0.15, 0.2) is 43.0 Å². The van der Waals surface area contributed by atoms with Gasteiger partial charge < -0.3 is 5.11 Å². The SMILES string of the molecule is C=CCC(O)/C=C/c1ccc(C(F)(F)F)cc1. The fourth-order valence-corrected chi connectivity index (χ4v) is 1.25. The Morgan fingerprint density at radius 2 is 1.82 bits per heavy atom. The number of rotatable bonds is 4. The molecule has 0 heterocycles.